The molecule has 1 heterocycles. The first-order valence-electron chi connectivity index (χ1n) is 8.95. The van der Waals surface area contributed by atoms with Crippen molar-refractivity contribution in [1.82, 2.24) is 5.32 Å². The van der Waals surface area contributed by atoms with E-state index in [4.69, 9.17) is 9.47 Å². The summed E-state index contributed by atoms with van der Waals surface area (Å²) in [5, 5.41) is 14.3. The molecule has 1 saturated carbocycles. The number of benzene rings is 1. The van der Waals surface area contributed by atoms with Crippen LogP contribution < -0.4 is 10.1 Å². The standard InChI is InChI=1S/C19H29NO3/c1-14-4-2-6-17(12-14)23-18-7-3-5-15(19(18)21)13-20-16-8-10-22-11-9-16/h2,4,6,12,15-16,18-21H,3,5,7-11,13H2,1H3/t15-,18-,19-/m1/s1. The average Bonchev–Trinajstić information content (AvgIpc) is 2.57. The van der Waals surface area contributed by atoms with Crippen LogP contribution in [0.4, 0.5) is 0 Å². The van der Waals surface area contributed by atoms with Crippen LogP contribution in [-0.4, -0.2) is 43.1 Å². The summed E-state index contributed by atoms with van der Waals surface area (Å²) in [6.45, 7) is 4.64. The minimum atomic E-state index is -0.392. The quantitative estimate of drug-likeness (QED) is 0.876. The molecule has 1 aromatic rings. The molecular formula is C19H29NO3. The summed E-state index contributed by atoms with van der Waals surface area (Å²) in [5.41, 5.74) is 1.19. The van der Waals surface area contributed by atoms with Crippen molar-refractivity contribution < 1.29 is 14.6 Å². The van der Waals surface area contributed by atoms with Gasteiger partial charge in [-0.05, 0) is 56.7 Å². The van der Waals surface area contributed by atoms with Crippen LogP contribution in [0.3, 0.4) is 0 Å². The Labute approximate surface area is 139 Å². The molecule has 0 amide bonds. The molecule has 2 aliphatic rings. The summed E-state index contributed by atoms with van der Waals surface area (Å²) >= 11 is 0. The average molecular weight is 319 g/mol. The lowest BCUT2D eigenvalue weighted by molar-refractivity contribution is -0.0323. The number of hydrogen-bond donors (Lipinski definition) is 2. The van der Waals surface area contributed by atoms with Gasteiger partial charge < -0.3 is 19.9 Å². The molecule has 1 aliphatic carbocycles. The van der Waals surface area contributed by atoms with Gasteiger partial charge in [-0.3, -0.25) is 0 Å². The molecular weight excluding hydrogens is 290 g/mol. The second-order valence-corrected chi connectivity index (χ2v) is 6.95. The van der Waals surface area contributed by atoms with Gasteiger partial charge in [0.25, 0.3) is 0 Å². The van der Waals surface area contributed by atoms with Crippen LogP contribution in [0.5, 0.6) is 5.75 Å². The zero-order valence-corrected chi connectivity index (χ0v) is 14.0. The zero-order chi connectivity index (χ0) is 16.1. The molecule has 4 nitrogen and oxygen atoms in total. The first kappa shape index (κ1) is 16.7. The van der Waals surface area contributed by atoms with Crippen LogP contribution in [0.2, 0.25) is 0 Å². The summed E-state index contributed by atoms with van der Waals surface area (Å²) < 4.78 is 11.5. The van der Waals surface area contributed by atoms with E-state index >= 15 is 0 Å². The van der Waals surface area contributed by atoms with Crippen molar-refractivity contribution in [3.8, 4) is 5.75 Å². The van der Waals surface area contributed by atoms with Crippen LogP contribution >= 0.6 is 0 Å². The van der Waals surface area contributed by atoms with E-state index in [0.29, 0.717) is 6.04 Å². The molecule has 3 rings (SSSR count). The van der Waals surface area contributed by atoms with Gasteiger partial charge in [0.15, 0.2) is 0 Å². The Morgan fingerprint density at radius 2 is 2.04 bits per heavy atom. The van der Waals surface area contributed by atoms with Gasteiger partial charge in [-0.25, -0.2) is 0 Å². The fourth-order valence-corrected chi connectivity index (χ4v) is 3.66. The van der Waals surface area contributed by atoms with Gasteiger partial charge in [0.1, 0.15) is 11.9 Å². The zero-order valence-electron chi connectivity index (χ0n) is 14.0. The third kappa shape index (κ3) is 4.69. The number of aliphatic hydroxyl groups excluding tert-OH is 1. The molecule has 128 valence electrons. The molecule has 1 aromatic carbocycles. The normalized spacial score (nSPS) is 29.4. The highest BCUT2D eigenvalue weighted by molar-refractivity contribution is 5.27. The molecule has 2 N–H and O–H groups in total. The van der Waals surface area contributed by atoms with E-state index < -0.39 is 6.10 Å². The van der Waals surface area contributed by atoms with Gasteiger partial charge in [0.2, 0.25) is 0 Å². The second-order valence-electron chi connectivity index (χ2n) is 6.95. The van der Waals surface area contributed by atoms with Crippen molar-refractivity contribution in [2.24, 2.45) is 5.92 Å². The van der Waals surface area contributed by atoms with E-state index in [1.165, 1.54) is 5.56 Å². The summed E-state index contributed by atoms with van der Waals surface area (Å²) in [5.74, 6) is 1.15. The molecule has 2 fully saturated rings. The highest BCUT2D eigenvalue weighted by atomic mass is 16.5. The van der Waals surface area contributed by atoms with Crippen molar-refractivity contribution >= 4 is 0 Å². The Morgan fingerprint density at radius 3 is 2.83 bits per heavy atom. The van der Waals surface area contributed by atoms with Gasteiger partial charge in [0.05, 0.1) is 6.10 Å². The predicted molar refractivity (Wildman–Crippen MR) is 90.8 cm³/mol. The van der Waals surface area contributed by atoms with Crippen LogP contribution in [0, 0.1) is 12.8 Å². The van der Waals surface area contributed by atoms with Crippen molar-refractivity contribution in [2.75, 3.05) is 19.8 Å². The summed E-state index contributed by atoms with van der Waals surface area (Å²) in [6.07, 6.45) is 4.79. The number of nitrogens with one attached hydrogen (secondary N) is 1. The van der Waals surface area contributed by atoms with Gasteiger partial charge in [-0.1, -0.05) is 12.1 Å². The van der Waals surface area contributed by atoms with E-state index in [0.717, 1.165) is 57.6 Å². The molecule has 0 bridgehead atoms. The maximum absolute atomic E-state index is 10.7. The van der Waals surface area contributed by atoms with Gasteiger partial charge in [-0.15, -0.1) is 0 Å². The van der Waals surface area contributed by atoms with E-state index in [-0.39, 0.29) is 12.0 Å². The first-order chi connectivity index (χ1) is 11.2. The summed E-state index contributed by atoms with van der Waals surface area (Å²) in [6, 6.07) is 8.61. The fraction of sp³-hybridized carbons (Fsp3) is 0.684. The Kier molecular flexibility index (Phi) is 5.92. The lowest BCUT2D eigenvalue weighted by Crippen LogP contribution is -2.47. The third-order valence-corrected chi connectivity index (χ3v) is 5.09. The number of aryl methyl sites for hydroxylation is 1. The third-order valence-electron chi connectivity index (χ3n) is 5.09. The molecule has 4 heteroatoms. The Morgan fingerprint density at radius 1 is 1.22 bits per heavy atom. The maximum Gasteiger partial charge on any atom is 0.125 e. The smallest absolute Gasteiger partial charge is 0.125 e. The highest BCUT2D eigenvalue weighted by Gasteiger charge is 2.33. The Hall–Kier alpha value is -1.10. The fourth-order valence-electron chi connectivity index (χ4n) is 3.66. The topological polar surface area (TPSA) is 50.7 Å². The lowest BCUT2D eigenvalue weighted by atomic mass is 9.84. The molecule has 0 unspecified atom stereocenters. The van der Waals surface area contributed by atoms with Gasteiger partial charge in [0, 0.05) is 31.7 Å². The molecule has 1 saturated heterocycles. The highest BCUT2D eigenvalue weighted by Crippen LogP contribution is 2.28. The molecule has 0 aromatic heterocycles. The van der Waals surface area contributed by atoms with Crippen LogP contribution in [0.15, 0.2) is 24.3 Å². The summed E-state index contributed by atoms with van der Waals surface area (Å²) in [7, 11) is 0. The van der Waals surface area contributed by atoms with E-state index in [9.17, 15) is 5.11 Å². The Bertz CT molecular complexity index is 487. The van der Waals surface area contributed by atoms with Gasteiger partial charge in [-0.2, -0.15) is 0 Å². The lowest BCUT2D eigenvalue weighted by Gasteiger charge is -2.36. The second kappa shape index (κ2) is 8.13. The van der Waals surface area contributed by atoms with Crippen molar-refractivity contribution in [3.63, 3.8) is 0 Å². The van der Waals surface area contributed by atoms with E-state index in [2.05, 4.69) is 18.3 Å². The largest absolute Gasteiger partial charge is 0.488 e. The van der Waals surface area contributed by atoms with Crippen molar-refractivity contribution in [3.05, 3.63) is 29.8 Å². The van der Waals surface area contributed by atoms with E-state index in [1.54, 1.807) is 0 Å². The molecule has 0 spiro atoms. The first-order valence-corrected chi connectivity index (χ1v) is 8.95. The number of ether oxygens (including phenoxy) is 2. The minimum Gasteiger partial charge on any atom is -0.488 e. The minimum absolute atomic E-state index is 0.0907. The summed E-state index contributed by atoms with van der Waals surface area (Å²) in [4.78, 5) is 0. The predicted octanol–water partition coefficient (Wildman–Crippen LogP) is 2.67. The van der Waals surface area contributed by atoms with E-state index in [1.807, 2.05) is 18.2 Å². The van der Waals surface area contributed by atoms with Crippen LogP contribution in [0.25, 0.3) is 0 Å². The van der Waals surface area contributed by atoms with Crippen molar-refractivity contribution in [1.29, 1.82) is 0 Å². The van der Waals surface area contributed by atoms with Crippen molar-refractivity contribution in [2.45, 2.75) is 57.3 Å². The number of aliphatic hydroxyl groups is 1. The SMILES string of the molecule is Cc1cccc(O[C@@H]2CCC[C@H](CNC3CCOCC3)[C@H]2O)c1. The van der Waals surface area contributed by atoms with Gasteiger partial charge >= 0.3 is 0 Å². The monoisotopic (exact) mass is 319 g/mol. The van der Waals surface area contributed by atoms with Crippen LogP contribution in [0.1, 0.15) is 37.7 Å². The number of rotatable bonds is 5. The van der Waals surface area contributed by atoms with Crippen LogP contribution in [-0.2, 0) is 4.74 Å². The molecule has 23 heavy (non-hydrogen) atoms. The molecule has 3 atom stereocenters. The molecule has 1 aliphatic heterocycles. The molecule has 0 radical (unpaired) electrons. The Balaban J connectivity index is 1.52. The number of hydrogen-bond acceptors (Lipinski definition) is 4. The maximum atomic E-state index is 10.7.